The molecular formula is C14H13BrClN. The van der Waals surface area contributed by atoms with Crippen molar-refractivity contribution in [3.05, 3.63) is 52.0 Å². The van der Waals surface area contributed by atoms with E-state index in [1.165, 1.54) is 10.8 Å². The Hall–Kier alpha value is -0.990. The highest BCUT2D eigenvalue weighted by atomic mass is 79.9. The van der Waals surface area contributed by atoms with Gasteiger partial charge in [-0.05, 0) is 47.5 Å². The minimum atomic E-state index is 0.769. The molecule has 0 bridgehead atoms. The summed E-state index contributed by atoms with van der Waals surface area (Å²) in [4.78, 5) is 0. The molecule has 0 atom stereocenters. The quantitative estimate of drug-likeness (QED) is 0.826. The number of anilines is 1. The number of nitrogens with one attached hydrogen (secondary N) is 1. The summed E-state index contributed by atoms with van der Waals surface area (Å²) in [5, 5.41) is 5.80. The van der Waals surface area contributed by atoms with Gasteiger partial charge in [0.1, 0.15) is 0 Å². The zero-order valence-corrected chi connectivity index (χ0v) is 11.8. The highest BCUT2D eigenvalue weighted by Gasteiger charge is 1.97. The molecule has 0 radical (unpaired) electrons. The molecule has 0 fully saturated rings. The fourth-order valence-corrected chi connectivity index (χ4v) is 2.06. The van der Waals surface area contributed by atoms with Gasteiger partial charge < -0.3 is 5.32 Å². The Kier molecular flexibility index (Phi) is 4.08. The minimum absolute atomic E-state index is 0.769. The molecule has 2 aromatic rings. The van der Waals surface area contributed by atoms with Crippen LogP contribution >= 0.6 is 27.5 Å². The van der Waals surface area contributed by atoms with Crippen LogP contribution in [0.5, 0.6) is 0 Å². The summed E-state index contributed by atoms with van der Waals surface area (Å²) >= 11 is 9.10. The zero-order chi connectivity index (χ0) is 12.3. The summed E-state index contributed by atoms with van der Waals surface area (Å²) in [7, 11) is 0. The second kappa shape index (κ2) is 5.56. The van der Waals surface area contributed by atoms with Crippen molar-refractivity contribution >= 4 is 44.0 Å². The molecule has 2 rings (SSSR count). The van der Waals surface area contributed by atoms with E-state index in [2.05, 4.69) is 57.6 Å². The van der Waals surface area contributed by atoms with E-state index in [1.54, 1.807) is 5.54 Å². The third-order valence-corrected chi connectivity index (χ3v) is 3.43. The number of hydrogen-bond acceptors (Lipinski definition) is 1. The maximum Gasteiger partial charge on any atom is 0.0369 e. The van der Waals surface area contributed by atoms with Gasteiger partial charge in [0.15, 0.2) is 0 Å². The first-order chi connectivity index (χ1) is 8.19. The molecule has 0 aliphatic carbocycles. The number of rotatable bonds is 3. The van der Waals surface area contributed by atoms with Crippen molar-refractivity contribution in [2.24, 2.45) is 0 Å². The third-order valence-electron chi connectivity index (χ3n) is 2.56. The van der Waals surface area contributed by atoms with Gasteiger partial charge in [-0.15, -0.1) is 0 Å². The van der Waals surface area contributed by atoms with Crippen LogP contribution in [0, 0.1) is 0 Å². The van der Waals surface area contributed by atoms with Crippen LogP contribution in [0.3, 0.4) is 0 Å². The van der Waals surface area contributed by atoms with E-state index in [0.717, 1.165) is 22.3 Å². The summed E-state index contributed by atoms with van der Waals surface area (Å²) in [5.74, 6) is 0. The van der Waals surface area contributed by atoms with Crippen molar-refractivity contribution in [1.82, 2.24) is 0 Å². The summed E-state index contributed by atoms with van der Waals surface area (Å²) < 4.78 is 1.10. The molecule has 0 aliphatic rings. The summed E-state index contributed by atoms with van der Waals surface area (Å²) in [6.07, 6.45) is 0. The van der Waals surface area contributed by atoms with Crippen LogP contribution in [0.25, 0.3) is 10.8 Å². The third kappa shape index (κ3) is 3.24. The van der Waals surface area contributed by atoms with Crippen molar-refractivity contribution in [2.75, 3.05) is 11.9 Å². The fourth-order valence-electron chi connectivity index (χ4n) is 1.61. The van der Waals surface area contributed by atoms with Gasteiger partial charge in [0.2, 0.25) is 0 Å². The molecule has 0 amide bonds. The Bertz CT molecular complexity index is 563. The van der Waals surface area contributed by atoms with E-state index in [0.29, 0.717) is 0 Å². The van der Waals surface area contributed by atoms with E-state index in [4.69, 9.17) is 11.6 Å². The number of benzene rings is 2. The predicted octanol–water partition coefficient (Wildman–Crippen LogP) is 5.16. The lowest BCUT2D eigenvalue weighted by Crippen LogP contribution is -2.01. The molecule has 0 aliphatic heterocycles. The average molecular weight is 311 g/mol. The Morgan fingerprint density at radius 2 is 1.94 bits per heavy atom. The molecule has 0 heterocycles. The molecular weight excluding hydrogens is 298 g/mol. The molecule has 0 saturated heterocycles. The summed E-state index contributed by atoms with van der Waals surface area (Å²) in [6.45, 7) is 2.77. The maximum atomic E-state index is 5.62. The van der Waals surface area contributed by atoms with Crippen LogP contribution in [-0.4, -0.2) is 6.54 Å². The van der Waals surface area contributed by atoms with Crippen LogP contribution < -0.4 is 5.32 Å². The maximum absolute atomic E-state index is 5.62. The van der Waals surface area contributed by atoms with Gasteiger partial charge in [0, 0.05) is 22.2 Å². The van der Waals surface area contributed by atoms with Gasteiger partial charge >= 0.3 is 0 Å². The minimum Gasteiger partial charge on any atom is -0.381 e. The van der Waals surface area contributed by atoms with Crippen LogP contribution in [0.15, 0.2) is 52.0 Å². The molecule has 0 aromatic heterocycles. The van der Waals surface area contributed by atoms with Gasteiger partial charge in [-0.3, -0.25) is 0 Å². The predicted molar refractivity (Wildman–Crippen MR) is 79.7 cm³/mol. The average Bonchev–Trinajstić information content (AvgIpc) is 2.35. The molecule has 0 unspecified atom stereocenters. The Morgan fingerprint density at radius 3 is 2.71 bits per heavy atom. The number of hydrogen-bond donors (Lipinski definition) is 1. The van der Waals surface area contributed by atoms with E-state index < -0.39 is 0 Å². The lowest BCUT2D eigenvalue weighted by atomic mass is 10.1. The van der Waals surface area contributed by atoms with Crippen LogP contribution in [0.4, 0.5) is 5.69 Å². The zero-order valence-electron chi connectivity index (χ0n) is 9.50. The molecule has 2 aromatic carbocycles. The molecule has 88 valence electrons. The van der Waals surface area contributed by atoms with E-state index in [-0.39, 0.29) is 0 Å². The first-order valence-electron chi connectivity index (χ1n) is 5.38. The second-order valence-corrected chi connectivity index (χ2v) is 5.15. The standard InChI is InChI=1S/C14H13BrClN/c1-10(8-16)9-17-14-5-3-11-6-13(15)4-2-12(11)7-14/h2-8,17H,9H2,1H3/b10-8-. The number of halogens is 2. The molecule has 17 heavy (non-hydrogen) atoms. The monoisotopic (exact) mass is 309 g/mol. The van der Waals surface area contributed by atoms with Crippen LogP contribution in [0.1, 0.15) is 6.92 Å². The Morgan fingerprint density at radius 1 is 1.24 bits per heavy atom. The molecule has 0 saturated carbocycles. The highest BCUT2D eigenvalue weighted by Crippen LogP contribution is 2.23. The van der Waals surface area contributed by atoms with Gasteiger partial charge in [0.25, 0.3) is 0 Å². The molecule has 1 nitrogen and oxygen atoms in total. The fraction of sp³-hybridized carbons (Fsp3) is 0.143. The second-order valence-electron chi connectivity index (χ2n) is 4.02. The van der Waals surface area contributed by atoms with Crippen molar-refractivity contribution in [3.63, 3.8) is 0 Å². The normalized spacial score (nSPS) is 11.8. The van der Waals surface area contributed by atoms with E-state index in [9.17, 15) is 0 Å². The van der Waals surface area contributed by atoms with Crippen LogP contribution in [0.2, 0.25) is 0 Å². The van der Waals surface area contributed by atoms with Crippen LogP contribution in [-0.2, 0) is 0 Å². The SMILES string of the molecule is C/C(=C/Cl)CNc1ccc2cc(Br)ccc2c1. The Balaban J connectivity index is 2.23. The van der Waals surface area contributed by atoms with Gasteiger partial charge in [0.05, 0.1) is 0 Å². The largest absolute Gasteiger partial charge is 0.381 e. The molecule has 3 heteroatoms. The molecule has 1 N–H and O–H groups in total. The van der Waals surface area contributed by atoms with E-state index in [1.807, 2.05) is 6.92 Å². The van der Waals surface area contributed by atoms with Gasteiger partial charge in [-0.25, -0.2) is 0 Å². The van der Waals surface area contributed by atoms with Gasteiger partial charge in [-0.2, -0.15) is 0 Å². The first-order valence-corrected chi connectivity index (χ1v) is 6.61. The van der Waals surface area contributed by atoms with Crippen molar-refractivity contribution < 1.29 is 0 Å². The van der Waals surface area contributed by atoms with Crippen molar-refractivity contribution in [2.45, 2.75) is 6.92 Å². The molecule has 0 spiro atoms. The Labute approximate surface area is 115 Å². The number of fused-ring (bicyclic) bond motifs is 1. The van der Waals surface area contributed by atoms with Gasteiger partial charge in [-0.1, -0.05) is 39.7 Å². The lowest BCUT2D eigenvalue weighted by Gasteiger charge is -2.07. The van der Waals surface area contributed by atoms with E-state index >= 15 is 0 Å². The summed E-state index contributed by atoms with van der Waals surface area (Å²) in [6, 6.07) is 12.6. The smallest absolute Gasteiger partial charge is 0.0369 e. The lowest BCUT2D eigenvalue weighted by molar-refractivity contribution is 1.21. The van der Waals surface area contributed by atoms with Crippen molar-refractivity contribution in [3.8, 4) is 0 Å². The summed E-state index contributed by atoms with van der Waals surface area (Å²) in [5.41, 5.74) is 3.82. The highest BCUT2D eigenvalue weighted by molar-refractivity contribution is 9.10. The van der Waals surface area contributed by atoms with Crippen molar-refractivity contribution in [1.29, 1.82) is 0 Å². The topological polar surface area (TPSA) is 12.0 Å². The first kappa shape index (κ1) is 12.5.